The zero-order chi connectivity index (χ0) is 15.7. The topological polar surface area (TPSA) is 64.4 Å². The molecular weight excluding hydrogens is 304 g/mol. The van der Waals surface area contributed by atoms with Crippen molar-refractivity contribution in [1.29, 1.82) is 0 Å². The monoisotopic (exact) mass is 316 g/mol. The van der Waals surface area contributed by atoms with Gasteiger partial charge in [-0.25, -0.2) is 4.98 Å². The molecule has 0 fully saturated rings. The van der Waals surface area contributed by atoms with E-state index >= 15 is 0 Å². The quantitative estimate of drug-likeness (QED) is 0.791. The predicted molar refractivity (Wildman–Crippen MR) is 84.7 cm³/mol. The Hall–Kier alpha value is -2.53. The molecule has 0 spiro atoms. The number of carbonyl (C=O) groups excluding carboxylic acids is 1. The summed E-state index contributed by atoms with van der Waals surface area (Å²) in [5.41, 5.74) is 2.27. The number of carbonyl (C=O) groups is 1. The van der Waals surface area contributed by atoms with Gasteiger partial charge in [0.25, 0.3) is 5.91 Å². The fourth-order valence-corrected chi connectivity index (χ4v) is 2.33. The van der Waals surface area contributed by atoms with Crippen LogP contribution < -0.4 is 10.1 Å². The van der Waals surface area contributed by atoms with Gasteiger partial charge in [0, 0.05) is 17.5 Å². The minimum absolute atomic E-state index is 0.275. The van der Waals surface area contributed by atoms with Gasteiger partial charge in [0.15, 0.2) is 11.5 Å². The van der Waals surface area contributed by atoms with E-state index in [0.717, 1.165) is 0 Å². The van der Waals surface area contributed by atoms with Crippen molar-refractivity contribution in [1.82, 2.24) is 4.98 Å². The van der Waals surface area contributed by atoms with E-state index in [0.29, 0.717) is 39.0 Å². The Morgan fingerprint density at radius 2 is 2.09 bits per heavy atom. The maximum Gasteiger partial charge on any atom is 0.255 e. The van der Waals surface area contributed by atoms with Crippen LogP contribution in [-0.2, 0) is 0 Å². The Morgan fingerprint density at radius 3 is 2.86 bits per heavy atom. The van der Waals surface area contributed by atoms with Crippen LogP contribution in [0.25, 0.3) is 11.1 Å². The Bertz CT molecular complexity index is 858. The molecule has 0 bridgehead atoms. The Balaban J connectivity index is 1.91. The summed E-state index contributed by atoms with van der Waals surface area (Å²) in [6.07, 6.45) is 0. The van der Waals surface area contributed by atoms with E-state index in [9.17, 15) is 4.79 Å². The maximum absolute atomic E-state index is 12.4. The lowest BCUT2D eigenvalue weighted by Gasteiger charge is -2.10. The first-order valence-electron chi connectivity index (χ1n) is 6.59. The average Bonchev–Trinajstić information content (AvgIpc) is 2.86. The van der Waals surface area contributed by atoms with E-state index in [2.05, 4.69) is 10.3 Å². The average molecular weight is 317 g/mol. The van der Waals surface area contributed by atoms with Crippen molar-refractivity contribution in [3.63, 3.8) is 0 Å². The number of methoxy groups -OCH3 is 1. The third kappa shape index (κ3) is 2.76. The first-order chi connectivity index (χ1) is 10.6. The molecule has 6 heteroatoms. The molecule has 0 aliphatic rings. The molecule has 1 amide bonds. The van der Waals surface area contributed by atoms with Crippen LogP contribution in [0.15, 0.2) is 40.8 Å². The molecule has 0 aliphatic heterocycles. The van der Waals surface area contributed by atoms with Crippen LogP contribution in [0.2, 0.25) is 5.02 Å². The number of hydrogen-bond acceptors (Lipinski definition) is 4. The molecule has 1 heterocycles. The van der Waals surface area contributed by atoms with Crippen molar-refractivity contribution in [3.8, 4) is 5.75 Å². The second-order valence-electron chi connectivity index (χ2n) is 4.71. The molecule has 0 atom stereocenters. The van der Waals surface area contributed by atoms with E-state index < -0.39 is 0 Å². The predicted octanol–water partition coefficient (Wildman–Crippen LogP) is 4.05. The highest BCUT2D eigenvalue weighted by Gasteiger charge is 2.12. The maximum atomic E-state index is 12.4. The van der Waals surface area contributed by atoms with E-state index in [1.54, 1.807) is 43.3 Å². The molecule has 3 rings (SSSR count). The van der Waals surface area contributed by atoms with Gasteiger partial charge in [0.2, 0.25) is 0 Å². The molecule has 1 N–H and O–H groups in total. The van der Waals surface area contributed by atoms with Crippen LogP contribution in [-0.4, -0.2) is 18.0 Å². The number of fused-ring (bicyclic) bond motifs is 1. The first kappa shape index (κ1) is 14.4. The summed E-state index contributed by atoms with van der Waals surface area (Å²) in [6, 6.07) is 10.1. The minimum atomic E-state index is -0.275. The summed E-state index contributed by atoms with van der Waals surface area (Å²) in [4.78, 5) is 16.6. The van der Waals surface area contributed by atoms with Crippen molar-refractivity contribution < 1.29 is 13.9 Å². The van der Waals surface area contributed by atoms with Crippen molar-refractivity contribution in [2.45, 2.75) is 6.92 Å². The zero-order valence-corrected chi connectivity index (χ0v) is 12.8. The van der Waals surface area contributed by atoms with Crippen LogP contribution in [0.5, 0.6) is 5.75 Å². The van der Waals surface area contributed by atoms with Gasteiger partial charge in [0.05, 0.1) is 12.8 Å². The molecule has 22 heavy (non-hydrogen) atoms. The smallest absolute Gasteiger partial charge is 0.255 e. The molecule has 0 aliphatic carbocycles. The van der Waals surface area contributed by atoms with Gasteiger partial charge in [-0.15, -0.1) is 0 Å². The largest absolute Gasteiger partial charge is 0.495 e. The number of nitrogens with zero attached hydrogens (tertiary/aromatic N) is 1. The number of halogens is 1. The molecule has 3 aromatic rings. The van der Waals surface area contributed by atoms with Gasteiger partial charge in [0.1, 0.15) is 11.3 Å². The summed E-state index contributed by atoms with van der Waals surface area (Å²) in [5.74, 6) is 0.822. The number of hydrogen-bond donors (Lipinski definition) is 1. The summed E-state index contributed by atoms with van der Waals surface area (Å²) in [6.45, 7) is 1.76. The molecule has 2 aromatic carbocycles. The van der Waals surface area contributed by atoms with Gasteiger partial charge in [-0.1, -0.05) is 11.6 Å². The summed E-state index contributed by atoms with van der Waals surface area (Å²) in [5, 5.41) is 3.30. The van der Waals surface area contributed by atoms with Crippen molar-refractivity contribution in [2.75, 3.05) is 12.4 Å². The van der Waals surface area contributed by atoms with E-state index in [4.69, 9.17) is 20.8 Å². The van der Waals surface area contributed by atoms with Crippen LogP contribution >= 0.6 is 11.6 Å². The number of aromatic nitrogens is 1. The fourth-order valence-electron chi connectivity index (χ4n) is 2.16. The molecular formula is C16H13ClN2O3. The Morgan fingerprint density at radius 1 is 1.27 bits per heavy atom. The van der Waals surface area contributed by atoms with Crippen molar-refractivity contribution in [2.24, 2.45) is 0 Å². The lowest BCUT2D eigenvalue weighted by Crippen LogP contribution is -2.12. The summed E-state index contributed by atoms with van der Waals surface area (Å²) >= 11 is 5.95. The SMILES string of the molecule is COc1ccc(Cl)cc1NC(=O)c1ccc2oc(C)nc2c1. The number of aryl methyl sites for hydroxylation is 1. The standard InChI is InChI=1S/C16H13ClN2O3/c1-9-18-12-7-10(3-5-15(12)22-9)16(20)19-13-8-11(17)4-6-14(13)21-2/h3-8H,1-2H3,(H,19,20). The number of anilines is 1. The highest BCUT2D eigenvalue weighted by atomic mass is 35.5. The molecule has 0 saturated carbocycles. The van der Waals surface area contributed by atoms with Gasteiger partial charge in [-0.3, -0.25) is 4.79 Å². The fraction of sp³-hybridized carbons (Fsp3) is 0.125. The molecule has 0 radical (unpaired) electrons. The molecule has 1 aromatic heterocycles. The number of nitrogens with one attached hydrogen (secondary N) is 1. The normalized spacial score (nSPS) is 10.7. The highest BCUT2D eigenvalue weighted by molar-refractivity contribution is 6.31. The van der Waals surface area contributed by atoms with Gasteiger partial charge in [-0.2, -0.15) is 0 Å². The van der Waals surface area contributed by atoms with Crippen LogP contribution in [0.4, 0.5) is 5.69 Å². The molecule has 5 nitrogen and oxygen atoms in total. The minimum Gasteiger partial charge on any atom is -0.495 e. The van der Waals surface area contributed by atoms with Crippen LogP contribution in [0.3, 0.4) is 0 Å². The summed E-state index contributed by atoms with van der Waals surface area (Å²) in [7, 11) is 1.53. The number of oxazole rings is 1. The van der Waals surface area contributed by atoms with Crippen LogP contribution in [0, 0.1) is 6.92 Å². The third-order valence-corrected chi connectivity index (χ3v) is 3.40. The first-order valence-corrected chi connectivity index (χ1v) is 6.96. The molecule has 0 saturated heterocycles. The molecule has 112 valence electrons. The van der Waals surface area contributed by atoms with Gasteiger partial charge >= 0.3 is 0 Å². The van der Waals surface area contributed by atoms with E-state index in [1.165, 1.54) is 7.11 Å². The molecule has 0 unspecified atom stereocenters. The van der Waals surface area contributed by atoms with E-state index in [1.807, 2.05) is 0 Å². The second-order valence-corrected chi connectivity index (χ2v) is 5.15. The van der Waals surface area contributed by atoms with Crippen LogP contribution in [0.1, 0.15) is 16.2 Å². The lowest BCUT2D eigenvalue weighted by atomic mass is 10.2. The number of ether oxygens (including phenoxy) is 1. The highest BCUT2D eigenvalue weighted by Crippen LogP contribution is 2.28. The number of amides is 1. The Labute approximate surface area is 131 Å². The number of benzene rings is 2. The second kappa shape index (κ2) is 5.69. The number of rotatable bonds is 3. The summed E-state index contributed by atoms with van der Waals surface area (Å²) < 4.78 is 10.6. The Kier molecular flexibility index (Phi) is 3.73. The van der Waals surface area contributed by atoms with Crippen molar-refractivity contribution in [3.05, 3.63) is 52.9 Å². The third-order valence-electron chi connectivity index (χ3n) is 3.17. The van der Waals surface area contributed by atoms with Crippen molar-refractivity contribution >= 4 is 34.3 Å². The van der Waals surface area contributed by atoms with Gasteiger partial charge < -0.3 is 14.5 Å². The zero-order valence-electron chi connectivity index (χ0n) is 12.0. The lowest BCUT2D eigenvalue weighted by molar-refractivity contribution is 0.102. The van der Waals surface area contributed by atoms with Gasteiger partial charge in [-0.05, 0) is 36.4 Å². The van der Waals surface area contributed by atoms with E-state index in [-0.39, 0.29) is 5.91 Å².